The van der Waals surface area contributed by atoms with Gasteiger partial charge in [-0.25, -0.2) is 4.39 Å². The van der Waals surface area contributed by atoms with Crippen LogP contribution in [0.3, 0.4) is 0 Å². The van der Waals surface area contributed by atoms with Crippen molar-refractivity contribution in [2.24, 2.45) is 5.92 Å². The number of alkyl halides is 1. The number of hydrogen-bond acceptors (Lipinski definition) is 4. The van der Waals surface area contributed by atoms with Crippen LogP contribution in [-0.4, -0.2) is 11.7 Å². The number of hydrogen-bond donors (Lipinski definition) is 2. The number of aryl methyl sites for hydroxylation is 1. The minimum absolute atomic E-state index is 0.300. The molecule has 0 unspecified atom stereocenters. The minimum Gasteiger partial charge on any atom is -0.350 e. The van der Waals surface area contributed by atoms with Gasteiger partial charge in [-0.15, -0.1) is 11.3 Å². The predicted octanol–water partition coefficient (Wildman–Crippen LogP) is 5.45. The van der Waals surface area contributed by atoms with Crippen LogP contribution in [0, 0.1) is 5.92 Å². The van der Waals surface area contributed by atoms with Crippen molar-refractivity contribution in [1.82, 2.24) is 4.72 Å². The highest BCUT2D eigenvalue weighted by molar-refractivity contribution is 7.97. The Hall–Kier alpha value is -0.520. The van der Waals surface area contributed by atoms with E-state index in [4.69, 9.17) is 0 Å². The van der Waals surface area contributed by atoms with E-state index in [0.717, 1.165) is 0 Å². The van der Waals surface area contributed by atoms with Crippen molar-refractivity contribution in [1.29, 1.82) is 0 Å². The summed E-state index contributed by atoms with van der Waals surface area (Å²) in [6.45, 7) is 5.92. The van der Waals surface area contributed by atoms with Crippen molar-refractivity contribution in [2.75, 3.05) is 5.32 Å². The van der Waals surface area contributed by atoms with Gasteiger partial charge in [-0.05, 0) is 81.7 Å². The summed E-state index contributed by atoms with van der Waals surface area (Å²) >= 11 is 3.62. The second-order valence-corrected chi connectivity index (χ2v) is 9.49. The summed E-state index contributed by atoms with van der Waals surface area (Å²) in [6, 6.07) is 0.300. The van der Waals surface area contributed by atoms with Crippen LogP contribution < -0.4 is 10.0 Å². The molecular formula is C18H25FN2S2. The third kappa shape index (κ3) is 3.47. The first-order valence-corrected chi connectivity index (χ1v) is 10.4. The lowest BCUT2D eigenvalue weighted by Gasteiger charge is -2.38. The molecule has 2 saturated carbocycles. The number of fused-ring (bicyclic) bond motifs is 1. The lowest BCUT2D eigenvalue weighted by Crippen LogP contribution is -2.46. The predicted molar refractivity (Wildman–Crippen MR) is 98.0 cm³/mol. The second kappa shape index (κ2) is 6.08. The third-order valence-electron chi connectivity index (χ3n) is 5.14. The molecule has 2 N–H and O–H groups in total. The standard InChI is InChI=1S/C18H25FN2S2/c1-11(12-7-8-12)20-17-16(14-5-3-4-6-15(14)22-17)23-21-13-9-18(2,19)10-13/h12-13,20-21H,1,3-10H2,2H3. The number of allylic oxidation sites excluding steroid dienone is 1. The van der Waals surface area contributed by atoms with E-state index < -0.39 is 5.67 Å². The monoisotopic (exact) mass is 352 g/mol. The molecule has 0 radical (unpaired) electrons. The van der Waals surface area contributed by atoms with Crippen molar-refractivity contribution in [3.05, 3.63) is 22.7 Å². The van der Waals surface area contributed by atoms with Crippen LogP contribution in [-0.2, 0) is 12.8 Å². The Bertz CT molecular complexity index is 611. The Morgan fingerprint density at radius 1 is 1.30 bits per heavy atom. The molecule has 5 heteroatoms. The SMILES string of the molecule is C=C(Nc1sc2c(c1SNC1CC(C)(F)C1)CCCC2)C1CC1. The molecule has 0 saturated heterocycles. The molecule has 1 aromatic heterocycles. The number of nitrogens with one attached hydrogen (secondary N) is 2. The molecule has 1 heterocycles. The van der Waals surface area contributed by atoms with Gasteiger partial charge >= 0.3 is 0 Å². The van der Waals surface area contributed by atoms with Crippen LogP contribution in [0.2, 0.25) is 0 Å². The molecule has 23 heavy (non-hydrogen) atoms. The molecule has 0 bridgehead atoms. The van der Waals surface area contributed by atoms with Gasteiger partial charge in [0.25, 0.3) is 0 Å². The molecule has 0 atom stereocenters. The van der Waals surface area contributed by atoms with E-state index in [2.05, 4.69) is 16.6 Å². The van der Waals surface area contributed by atoms with Gasteiger partial charge in [0, 0.05) is 16.6 Å². The smallest absolute Gasteiger partial charge is 0.111 e. The Morgan fingerprint density at radius 3 is 2.74 bits per heavy atom. The van der Waals surface area contributed by atoms with Gasteiger partial charge in [0.1, 0.15) is 10.7 Å². The van der Waals surface area contributed by atoms with E-state index in [1.54, 1.807) is 18.9 Å². The Labute approximate surface area is 146 Å². The molecule has 1 aromatic rings. The zero-order chi connectivity index (χ0) is 16.0. The Morgan fingerprint density at radius 2 is 2.04 bits per heavy atom. The Balaban J connectivity index is 1.48. The third-order valence-corrected chi connectivity index (χ3v) is 7.58. The van der Waals surface area contributed by atoms with E-state index in [1.165, 1.54) is 64.6 Å². The first-order valence-electron chi connectivity index (χ1n) is 8.73. The number of rotatable bonds is 6. The van der Waals surface area contributed by atoms with Crippen molar-refractivity contribution in [2.45, 2.75) is 74.9 Å². The van der Waals surface area contributed by atoms with Crippen LogP contribution in [0.4, 0.5) is 9.39 Å². The lowest BCUT2D eigenvalue weighted by molar-refractivity contribution is 0.0589. The van der Waals surface area contributed by atoms with Gasteiger partial charge in [-0.3, -0.25) is 4.72 Å². The maximum absolute atomic E-state index is 13.7. The summed E-state index contributed by atoms with van der Waals surface area (Å²) in [5.74, 6) is 0.666. The van der Waals surface area contributed by atoms with Gasteiger partial charge < -0.3 is 5.32 Å². The normalized spacial score (nSPS) is 29.7. The van der Waals surface area contributed by atoms with E-state index in [1.807, 2.05) is 11.3 Å². The van der Waals surface area contributed by atoms with Crippen LogP contribution in [0.5, 0.6) is 0 Å². The van der Waals surface area contributed by atoms with Gasteiger partial charge in [0.05, 0.1) is 4.90 Å². The molecule has 3 aliphatic rings. The number of halogens is 1. The zero-order valence-corrected chi connectivity index (χ0v) is 15.3. The maximum atomic E-state index is 13.7. The fraction of sp³-hybridized carbons (Fsp3) is 0.667. The van der Waals surface area contributed by atoms with Crippen LogP contribution in [0.25, 0.3) is 0 Å². The summed E-state index contributed by atoms with van der Waals surface area (Å²) in [5.41, 5.74) is 1.73. The fourth-order valence-corrected chi connectivity index (χ4v) is 6.08. The van der Waals surface area contributed by atoms with Crippen LogP contribution in [0.15, 0.2) is 17.2 Å². The molecule has 3 aliphatic carbocycles. The minimum atomic E-state index is -0.965. The zero-order valence-electron chi connectivity index (χ0n) is 13.7. The molecule has 0 aromatic carbocycles. The summed E-state index contributed by atoms with van der Waals surface area (Å²) in [4.78, 5) is 2.88. The topological polar surface area (TPSA) is 24.1 Å². The quantitative estimate of drug-likeness (QED) is 0.666. The summed E-state index contributed by atoms with van der Waals surface area (Å²) in [5, 5.41) is 4.85. The average molecular weight is 353 g/mol. The van der Waals surface area contributed by atoms with E-state index in [0.29, 0.717) is 24.8 Å². The second-order valence-electron chi connectivity index (χ2n) is 7.53. The maximum Gasteiger partial charge on any atom is 0.111 e. The molecule has 0 amide bonds. The van der Waals surface area contributed by atoms with Crippen LogP contribution in [0.1, 0.15) is 55.9 Å². The molecule has 0 aliphatic heterocycles. The molecule has 2 fully saturated rings. The summed E-state index contributed by atoms with van der Waals surface area (Å²) in [7, 11) is 0. The van der Waals surface area contributed by atoms with E-state index >= 15 is 0 Å². The number of anilines is 1. The highest BCUT2D eigenvalue weighted by Crippen LogP contribution is 2.46. The molecule has 2 nitrogen and oxygen atoms in total. The molecule has 4 rings (SSSR count). The largest absolute Gasteiger partial charge is 0.350 e. The fourth-order valence-electron chi connectivity index (χ4n) is 3.60. The highest BCUT2D eigenvalue weighted by Gasteiger charge is 2.40. The van der Waals surface area contributed by atoms with Crippen molar-refractivity contribution >= 4 is 28.3 Å². The van der Waals surface area contributed by atoms with Gasteiger partial charge in [-0.1, -0.05) is 6.58 Å². The summed E-state index contributed by atoms with van der Waals surface area (Å²) in [6.07, 6.45) is 8.77. The van der Waals surface area contributed by atoms with Gasteiger partial charge in [0.15, 0.2) is 0 Å². The van der Waals surface area contributed by atoms with E-state index in [-0.39, 0.29) is 0 Å². The van der Waals surface area contributed by atoms with Crippen molar-refractivity contribution < 1.29 is 4.39 Å². The highest BCUT2D eigenvalue weighted by atomic mass is 32.2. The van der Waals surface area contributed by atoms with E-state index in [9.17, 15) is 4.39 Å². The molecule has 0 spiro atoms. The average Bonchev–Trinajstić information content (AvgIpc) is 3.27. The summed E-state index contributed by atoms with van der Waals surface area (Å²) < 4.78 is 17.2. The molecule has 126 valence electrons. The van der Waals surface area contributed by atoms with Crippen molar-refractivity contribution in [3.63, 3.8) is 0 Å². The lowest BCUT2D eigenvalue weighted by atomic mass is 9.79. The van der Waals surface area contributed by atoms with Gasteiger partial charge in [-0.2, -0.15) is 0 Å². The number of thiophene rings is 1. The van der Waals surface area contributed by atoms with Gasteiger partial charge in [0.2, 0.25) is 0 Å². The Kier molecular flexibility index (Phi) is 4.23. The van der Waals surface area contributed by atoms with Crippen LogP contribution >= 0.6 is 23.3 Å². The first kappa shape index (κ1) is 16.0. The van der Waals surface area contributed by atoms with Crippen molar-refractivity contribution in [3.8, 4) is 0 Å². The molecular weight excluding hydrogens is 327 g/mol. The first-order chi connectivity index (χ1) is 11.0.